The van der Waals surface area contributed by atoms with Gasteiger partial charge in [-0.05, 0) is 43.0 Å². The summed E-state index contributed by atoms with van der Waals surface area (Å²) in [4.78, 5) is 14.5. The van der Waals surface area contributed by atoms with E-state index in [1.807, 2.05) is 54.3 Å². The standard InChI is InChI=1S/C19H21ClN2O/c1-14(16-9-3-4-10-17(16)20)21-13-19(23)22-12-6-8-15-7-2-5-11-18(15)22/h2-5,7,9-11,14,21H,6,8,12-13H2,1H3/t14-/m0/s1. The number of fused-ring (bicyclic) bond motifs is 1. The van der Waals surface area contributed by atoms with Gasteiger partial charge in [0.2, 0.25) is 5.91 Å². The fraction of sp³-hybridized carbons (Fsp3) is 0.316. The number of rotatable bonds is 4. The van der Waals surface area contributed by atoms with Crippen molar-refractivity contribution in [2.24, 2.45) is 0 Å². The van der Waals surface area contributed by atoms with E-state index in [0.717, 1.165) is 35.7 Å². The molecule has 3 rings (SSSR count). The molecule has 23 heavy (non-hydrogen) atoms. The molecular formula is C19H21ClN2O. The minimum Gasteiger partial charge on any atom is -0.311 e. The summed E-state index contributed by atoms with van der Waals surface area (Å²) in [5.41, 5.74) is 3.32. The van der Waals surface area contributed by atoms with Crippen molar-refractivity contribution in [1.29, 1.82) is 0 Å². The van der Waals surface area contributed by atoms with Gasteiger partial charge in [-0.2, -0.15) is 0 Å². The van der Waals surface area contributed by atoms with E-state index in [2.05, 4.69) is 11.4 Å². The molecule has 0 aromatic heterocycles. The molecule has 0 fully saturated rings. The van der Waals surface area contributed by atoms with Gasteiger partial charge in [-0.1, -0.05) is 48.0 Å². The van der Waals surface area contributed by atoms with E-state index in [-0.39, 0.29) is 11.9 Å². The second-order valence-electron chi connectivity index (χ2n) is 5.90. The molecule has 1 atom stereocenters. The first-order valence-electron chi connectivity index (χ1n) is 8.03. The molecule has 0 bridgehead atoms. The van der Waals surface area contributed by atoms with Crippen LogP contribution >= 0.6 is 11.6 Å². The molecule has 0 saturated carbocycles. The molecule has 3 nitrogen and oxygen atoms in total. The lowest BCUT2D eigenvalue weighted by atomic mass is 10.0. The first-order valence-corrected chi connectivity index (χ1v) is 8.40. The highest BCUT2D eigenvalue weighted by Crippen LogP contribution is 2.27. The van der Waals surface area contributed by atoms with Gasteiger partial charge < -0.3 is 10.2 Å². The Morgan fingerprint density at radius 1 is 1.22 bits per heavy atom. The molecule has 1 amide bonds. The second-order valence-corrected chi connectivity index (χ2v) is 6.31. The topological polar surface area (TPSA) is 32.3 Å². The average molecular weight is 329 g/mol. The van der Waals surface area contributed by atoms with Crippen LogP contribution in [0.3, 0.4) is 0 Å². The molecule has 0 unspecified atom stereocenters. The van der Waals surface area contributed by atoms with Gasteiger partial charge in [0.25, 0.3) is 0 Å². The maximum absolute atomic E-state index is 12.6. The smallest absolute Gasteiger partial charge is 0.240 e. The predicted octanol–water partition coefficient (Wildman–Crippen LogP) is 3.97. The molecule has 4 heteroatoms. The first kappa shape index (κ1) is 16.0. The van der Waals surface area contributed by atoms with Crippen LogP contribution in [-0.2, 0) is 11.2 Å². The van der Waals surface area contributed by atoms with Gasteiger partial charge in [0, 0.05) is 23.3 Å². The van der Waals surface area contributed by atoms with Crippen molar-refractivity contribution in [3.8, 4) is 0 Å². The summed E-state index contributed by atoms with van der Waals surface area (Å²) in [6.45, 7) is 3.12. The highest BCUT2D eigenvalue weighted by atomic mass is 35.5. The zero-order valence-corrected chi connectivity index (χ0v) is 14.0. The molecule has 0 aliphatic carbocycles. The van der Waals surface area contributed by atoms with E-state index in [1.54, 1.807) is 0 Å². The Labute approximate surface area is 142 Å². The van der Waals surface area contributed by atoms with Gasteiger partial charge in [0.1, 0.15) is 0 Å². The van der Waals surface area contributed by atoms with Crippen LogP contribution < -0.4 is 10.2 Å². The minimum absolute atomic E-state index is 0.0349. The van der Waals surface area contributed by atoms with Crippen LogP contribution in [0.2, 0.25) is 5.02 Å². The largest absolute Gasteiger partial charge is 0.311 e. The Morgan fingerprint density at radius 3 is 2.78 bits per heavy atom. The third-order valence-corrected chi connectivity index (χ3v) is 4.69. The maximum Gasteiger partial charge on any atom is 0.240 e. The van der Waals surface area contributed by atoms with E-state index in [0.29, 0.717) is 6.54 Å². The summed E-state index contributed by atoms with van der Waals surface area (Å²) in [5.74, 6) is 0.107. The lowest BCUT2D eigenvalue weighted by Crippen LogP contribution is -2.41. The molecule has 1 aliphatic rings. The van der Waals surface area contributed by atoms with Crippen molar-refractivity contribution in [1.82, 2.24) is 5.32 Å². The van der Waals surface area contributed by atoms with Crippen molar-refractivity contribution in [3.63, 3.8) is 0 Å². The van der Waals surface area contributed by atoms with Crippen LogP contribution in [-0.4, -0.2) is 19.0 Å². The van der Waals surface area contributed by atoms with Gasteiger partial charge in [0.05, 0.1) is 6.54 Å². The fourth-order valence-electron chi connectivity index (χ4n) is 3.06. The van der Waals surface area contributed by atoms with Gasteiger partial charge >= 0.3 is 0 Å². The summed E-state index contributed by atoms with van der Waals surface area (Å²) < 4.78 is 0. The Bertz CT molecular complexity index is 701. The molecule has 2 aromatic carbocycles. The summed E-state index contributed by atoms with van der Waals surface area (Å²) in [7, 11) is 0. The normalized spacial score (nSPS) is 15.1. The molecule has 0 saturated heterocycles. The Hall–Kier alpha value is -1.84. The zero-order chi connectivity index (χ0) is 16.2. The summed E-state index contributed by atoms with van der Waals surface area (Å²) in [6.07, 6.45) is 2.06. The summed E-state index contributed by atoms with van der Waals surface area (Å²) in [5, 5.41) is 4.02. The number of carbonyl (C=O) groups is 1. The van der Waals surface area contributed by atoms with Crippen LogP contribution in [0, 0.1) is 0 Å². The zero-order valence-electron chi connectivity index (χ0n) is 13.3. The summed E-state index contributed by atoms with van der Waals surface area (Å²) in [6, 6.07) is 15.9. The maximum atomic E-state index is 12.6. The Morgan fingerprint density at radius 2 is 1.96 bits per heavy atom. The van der Waals surface area contributed by atoms with E-state index in [4.69, 9.17) is 11.6 Å². The second kappa shape index (κ2) is 7.16. The van der Waals surface area contributed by atoms with Gasteiger partial charge in [-0.15, -0.1) is 0 Å². The molecule has 2 aromatic rings. The van der Waals surface area contributed by atoms with Crippen molar-refractivity contribution in [3.05, 3.63) is 64.7 Å². The highest BCUT2D eigenvalue weighted by Gasteiger charge is 2.22. The predicted molar refractivity (Wildman–Crippen MR) is 95.0 cm³/mol. The highest BCUT2D eigenvalue weighted by molar-refractivity contribution is 6.31. The van der Waals surface area contributed by atoms with Crippen LogP contribution in [0.25, 0.3) is 0 Å². The van der Waals surface area contributed by atoms with Crippen molar-refractivity contribution < 1.29 is 4.79 Å². The Kier molecular flexibility index (Phi) is 4.99. The number of nitrogens with zero attached hydrogens (tertiary/aromatic N) is 1. The van der Waals surface area contributed by atoms with Gasteiger partial charge in [0.15, 0.2) is 0 Å². The molecule has 0 spiro atoms. The number of para-hydroxylation sites is 1. The SMILES string of the molecule is C[C@H](NCC(=O)N1CCCc2ccccc21)c1ccccc1Cl. The number of anilines is 1. The van der Waals surface area contributed by atoms with Gasteiger partial charge in [-0.25, -0.2) is 0 Å². The monoisotopic (exact) mass is 328 g/mol. The fourth-order valence-corrected chi connectivity index (χ4v) is 3.36. The minimum atomic E-state index is 0.0349. The van der Waals surface area contributed by atoms with Gasteiger partial charge in [-0.3, -0.25) is 4.79 Å². The third-order valence-electron chi connectivity index (χ3n) is 4.34. The Balaban J connectivity index is 1.66. The number of carbonyl (C=O) groups excluding carboxylic acids is 1. The van der Waals surface area contributed by atoms with Crippen molar-refractivity contribution in [2.75, 3.05) is 18.0 Å². The molecule has 1 heterocycles. The number of hydrogen-bond donors (Lipinski definition) is 1. The number of nitrogens with one attached hydrogen (secondary N) is 1. The number of aryl methyl sites for hydroxylation is 1. The lowest BCUT2D eigenvalue weighted by Gasteiger charge is -2.30. The van der Waals surface area contributed by atoms with Crippen LogP contribution in [0.4, 0.5) is 5.69 Å². The van der Waals surface area contributed by atoms with E-state index >= 15 is 0 Å². The first-order chi connectivity index (χ1) is 11.2. The van der Waals surface area contributed by atoms with E-state index < -0.39 is 0 Å². The number of amides is 1. The number of benzene rings is 2. The number of hydrogen-bond acceptors (Lipinski definition) is 2. The molecular weight excluding hydrogens is 308 g/mol. The molecule has 1 N–H and O–H groups in total. The quantitative estimate of drug-likeness (QED) is 0.921. The van der Waals surface area contributed by atoms with E-state index in [9.17, 15) is 4.79 Å². The van der Waals surface area contributed by atoms with Crippen molar-refractivity contribution in [2.45, 2.75) is 25.8 Å². The summed E-state index contributed by atoms with van der Waals surface area (Å²) >= 11 is 6.21. The molecule has 0 radical (unpaired) electrons. The van der Waals surface area contributed by atoms with E-state index in [1.165, 1.54) is 5.56 Å². The van der Waals surface area contributed by atoms with Crippen LogP contribution in [0.15, 0.2) is 48.5 Å². The molecule has 120 valence electrons. The average Bonchev–Trinajstić information content (AvgIpc) is 2.59. The van der Waals surface area contributed by atoms with Crippen molar-refractivity contribution >= 4 is 23.2 Å². The molecule has 1 aliphatic heterocycles. The lowest BCUT2D eigenvalue weighted by molar-refractivity contribution is -0.118. The van der Waals surface area contributed by atoms with Crippen LogP contribution in [0.5, 0.6) is 0 Å². The third kappa shape index (κ3) is 3.57. The van der Waals surface area contributed by atoms with Crippen LogP contribution in [0.1, 0.15) is 30.5 Å². The number of halogens is 1.